The van der Waals surface area contributed by atoms with Crippen molar-refractivity contribution in [2.45, 2.75) is 6.92 Å². The van der Waals surface area contributed by atoms with E-state index in [0.29, 0.717) is 5.75 Å². The van der Waals surface area contributed by atoms with Crippen LogP contribution in [0.2, 0.25) is 0 Å². The van der Waals surface area contributed by atoms with E-state index in [2.05, 4.69) is 29.6 Å². The van der Waals surface area contributed by atoms with Crippen LogP contribution < -0.4 is 5.32 Å². The van der Waals surface area contributed by atoms with Gasteiger partial charge in [-0.3, -0.25) is 4.79 Å². The molecule has 21 heavy (non-hydrogen) atoms. The van der Waals surface area contributed by atoms with Crippen molar-refractivity contribution < 1.29 is 4.79 Å². The van der Waals surface area contributed by atoms with Crippen LogP contribution in [0.4, 0.5) is 5.69 Å². The molecule has 2 nitrogen and oxygen atoms in total. The fourth-order valence-corrected chi connectivity index (χ4v) is 2.41. The van der Waals surface area contributed by atoms with E-state index < -0.39 is 0 Å². The molecule has 0 unspecified atom stereocenters. The molecule has 1 amide bonds. The Morgan fingerprint density at radius 2 is 1.81 bits per heavy atom. The highest BCUT2D eigenvalue weighted by Gasteiger charge is 2.01. The SMILES string of the molecule is Cc1ccc(NC(=O)CSCC=Cc2ccccc2)cc1. The van der Waals surface area contributed by atoms with Crippen molar-refractivity contribution in [3.63, 3.8) is 0 Å². The molecule has 0 aliphatic carbocycles. The Morgan fingerprint density at radius 3 is 2.52 bits per heavy atom. The van der Waals surface area contributed by atoms with E-state index in [1.807, 2.05) is 49.4 Å². The van der Waals surface area contributed by atoms with Gasteiger partial charge in [0.1, 0.15) is 0 Å². The summed E-state index contributed by atoms with van der Waals surface area (Å²) in [6.45, 7) is 2.03. The minimum Gasteiger partial charge on any atom is -0.325 e. The van der Waals surface area contributed by atoms with Crippen LogP contribution in [-0.2, 0) is 4.79 Å². The number of hydrogen-bond acceptors (Lipinski definition) is 2. The number of hydrogen-bond donors (Lipinski definition) is 1. The maximum atomic E-state index is 11.8. The van der Waals surface area contributed by atoms with E-state index in [0.717, 1.165) is 11.4 Å². The van der Waals surface area contributed by atoms with Gasteiger partial charge in [-0.1, -0.05) is 60.2 Å². The Bertz CT molecular complexity index is 590. The molecule has 108 valence electrons. The summed E-state index contributed by atoms with van der Waals surface area (Å²) in [5.41, 5.74) is 3.22. The summed E-state index contributed by atoms with van der Waals surface area (Å²) in [4.78, 5) is 11.8. The number of anilines is 1. The lowest BCUT2D eigenvalue weighted by molar-refractivity contribution is -0.113. The molecule has 0 radical (unpaired) electrons. The second kappa shape index (κ2) is 8.32. The Kier molecular flexibility index (Phi) is 6.10. The lowest BCUT2D eigenvalue weighted by atomic mass is 10.2. The highest BCUT2D eigenvalue weighted by molar-refractivity contribution is 8.00. The molecule has 0 bridgehead atoms. The minimum absolute atomic E-state index is 0.0389. The monoisotopic (exact) mass is 297 g/mol. The molecule has 0 aliphatic rings. The number of benzene rings is 2. The Morgan fingerprint density at radius 1 is 1.10 bits per heavy atom. The predicted molar refractivity (Wildman–Crippen MR) is 92.6 cm³/mol. The minimum atomic E-state index is 0.0389. The topological polar surface area (TPSA) is 29.1 Å². The van der Waals surface area contributed by atoms with E-state index >= 15 is 0 Å². The Hall–Kier alpha value is -2.00. The molecule has 2 rings (SSSR count). The van der Waals surface area contributed by atoms with Gasteiger partial charge in [0, 0.05) is 11.4 Å². The summed E-state index contributed by atoms with van der Waals surface area (Å²) in [6.07, 6.45) is 4.16. The highest BCUT2D eigenvalue weighted by atomic mass is 32.2. The van der Waals surface area contributed by atoms with Crippen LogP contribution in [0.25, 0.3) is 6.08 Å². The molecule has 0 saturated carbocycles. The van der Waals surface area contributed by atoms with Gasteiger partial charge in [-0.15, -0.1) is 11.8 Å². The predicted octanol–water partition coefficient (Wildman–Crippen LogP) is 4.38. The molecule has 0 heterocycles. The van der Waals surface area contributed by atoms with Crippen molar-refractivity contribution in [1.82, 2.24) is 0 Å². The van der Waals surface area contributed by atoms with Crippen molar-refractivity contribution in [2.24, 2.45) is 0 Å². The number of nitrogens with one attached hydrogen (secondary N) is 1. The average molecular weight is 297 g/mol. The maximum absolute atomic E-state index is 11.8. The van der Waals surface area contributed by atoms with Crippen molar-refractivity contribution >= 4 is 29.4 Å². The van der Waals surface area contributed by atoms with Gasteiger partial charge < -0.3 is 5.32 Å². The number of carbonyl (C=O) groups is 1. The molecule has 0 spiro atoms. The molecule has 0 aliphatic heterocycles. The summed E-state index contributed by atoms with van der Waals surface area (Å²) in [5.74, 6) is 1.33. The van der Waals surface area contributed by atoms with E-state index in [-0.39, 0.29) is 5.91 Å². The number of rotatable bonds is 6. The largest absolute Gasteiger partial charge is 0.325 e. The van der Waals surface area contributed by atoms with Crippen molar-refractivity contribution in [2.75, 3.05) is 16.8 Å². The second-order valence-electron chi connectivity index (χ2n) is 4.74. The third-order valence-corrected chi connectivity index (χ3v) is 3.79. The molecular formula is C18H19NOS. The quantitative estimate of drug-likeness (QED) is 0.802. The summed E-state index contributed by atoms with van der Waals surface area (Å²) in [5, 5.41) is 2.89. The first-order chi connectivity index (χ1) is 10.2. The number of thioether (sulfide) groups is 1. The first-order valence-electron chi connectivity index (χ1n) is 6.90. The molecule has 2 aromatic carbocycles. The first kappa shape index (κ1) is 15.4. The smallest absolute Gasteiger partial charge is 0.234 e. The fourth-order valence-electron chi connectivity index (χ4n) is 1.80. The van der Waals surface area contributed by atoms with Gasteiger partial charge in [-0.2, -0.15) is 0 Å². The fraction of sp³-hybridized carbons (Fsp3) is 0.167. The Balaban J connectivity index is 1.67. The number of amides is 1. The van der Waals surface area contributed by atoms with Gasteiger partial charge in [-0.25, -0.2) is 0 Å². The summed E-state index contributed by atoms with van der Waals surface area (Å²) < 4.78 is 0. The van der Waals surface area contributed by atoms with Gasteiger partial charge in [0.2, 0.25) is 5.91 Å². The standard InChI is InChI=1S/C18H19NOS/c1-15-9-11-17(12-10-15)19-18(20)14-21-13-5-8-16-6-3-2-4-7-16/h2-12H,13-14H2,1H3,(H,19,20). The van der Waals surface area contributed by atoms with Crippen LogP contribution in [0.1, 0.15) is 11.1 Å². The summed E-state index contributed by atoms with van der Waals surface area (Å²) in [6, 6.07) is 18.0. The van der Waals surface area contributed by atoms with Crippen LogP contribution in [0.5, 0.6) is 0 Å². The van der Waals surface area contributed by atoms with E-state index in [1.165, 1.54) is 11.1 Å². The van der Waals surface area contributed by atoms with Crippen molar-refractivity contribution in [1.29, 1.82) is 0 Å². The van der Waals surface area contributed by atoms with Gasteiger partial charge >= 0.3 is 0 Å². The van der Waals surface area contributed by atoms with Gasteiger partial charge in [0.05, 0.1) is 5.75 Å². The third kappa shape index (κ3) is 5.88. The van der Waals surface area contributed by atoms with Gasteiger partial charge in [0.25, 0.3) is 0 Å². The number of aryl methyl sites for hydroxylation is 1. The van der Waals surface area contributed by atoms with Gasteiger partial charge in [0.15, 0.2) is 0 Å². The second-order valence-corrected chi connectivity index (χ2v) is 5.77. The zero-order chi connectivity index (χ0) is 14.9. The summed E-state index contributed by atoms with van der Waals surface area (Å²) >= 11 is 1.60. The molecule has 0 fully saturated rings. The highest BCUT2D eigenvalue weighted by Crippen LogP contribution is 2.10. The van der Waals surface area contributed by atoms with Crippen LogP contribution in [0.15, 0.2) is 60.7 Å². The van der Waals surface area contributed by atoms with Crippen LogP contribution in [0.3, 0.4) is 0 Å². The summed E-state index contributed by atoms with van der Waals surface area (Å²) in [7, 11) is 0. The molecule has 0 atom stereocenters. The lowest BCUT2D eigenvalue weighted by Gasteiger charge is -2.04. The molecule has 2 aromatic rings. The van der Waals surface area contributed by atoms with Gasteiger partial charge in [-0.05, 0) is 24.6 Å². The third-order valence-electron chi connectivity index (χ3n) is 2.89. The van der Waals surface area contributed by atoms with E-state index in [4.69, 9.17) is 0 Å². The van der Waals surface area contributed by atoms with Crippen LogP contribution >= 0.6 is 11.8 Å². The maximum Gasteiger partial charge on any atom is 0.234 e. The zero-order valence-corrected chi connectivity index (χ0v) is 12.9. The average Bonchev–Trinajstić information content (AvgIpc) is 2.50. The van der Waals surface area contributed by atoms with Crippen molar-refractivity contribution in [3.05, 3.63) is 71.8 Å². The Labute approximate surface area is 130 Å². The van der Waals surface area contributed by atoms with Crippen molar-refractivity contribution in [3.8, 4) is 0 Å². The van der Waals surface area contributed by atoms with E-state index in [1.54, 1.807) is 11.8 Å². The zero-order valence-electron chi connectivity index (χ0n) is 12.1. The van der Waals surface area contributed by atoms with Crippen LogP contribution in [-0.4, -0.2) is 17.4 Å². The molecule has 0 aromatic heterocycles. The molecular weight excluding hydrogens is 278 g/mol. The number of carbonyl (C=O) groups excluding carboxylic acids is 1. The van der Waals surface area contributed by atoms with E-state index in [9.17, 15) is 4.79 Å². The van der Waals surface area contributed by atoms with Crippen LogP contribution in [0, 0.1) is 6.92 Å². The molecule has 3 heteroatoms. The molecule has 1 N–H and O–H groups in total. The first-order valence-corrected chi connectivity index (χ1v) is 8.05. The molecule has 0 saturated heterocycles. The lowest BCUT2D eigenvalue weighted by Crippen LogP contribution is -2.14. The normalized spacial score (nSPS) is 10.7.